The number of aliphatic hydroxyl groups is 4. The molecule has 0 spiro atoms. The van der Waals surface area contributed by atoms with E-state index in [1.165, 1.54) is 7.11 Å². The molecule has 14 atom stereocenters. The molecule has 0 aliphatic carbocycles. The van der Waals surface area contributed by atoms with E-state index in [-0.39, 0.29) is 36.0 Å². The topological polar surface area (TPSA) is 214 Å². The highest BCUT2D eigenvalue weighted by atomic mass is 16.7. The number of hydrogen-bond donors (Lipinski definition) is 6. The summed E-state index contributed by atoms with van der Waals surface area (Å²) in [6, 6.07) is 6.79. The zero-order valence-corrected chi connectivity index (χ0v) is 33.4. The molecule has 3 amide bonds. The molecule has 54 heavy (non-hydrogen) atoms. The summed E-state index contributed by atoms with van der Waals surface area (Å²) in [4.78, 5) is 44.7. The highest BCUT2D eigenvalue weighted by Crippen LogP contribution is 2.32. The number of benzene rings is 1. The second-order valence-electron chi connectivity index (χ2n) is 15.3. The minimum atomic E-state index is -1.63. The van der Waals surface area contributed by atoms with Gasteiger partial charge in [-0.2, -0.15) is 0 Å². The normalized spacial score (nSPS) is 27.7. The maximum atomic E-state index is 14.1. The summed E-state index contributed by atoms with van der Waals surface area (Å²) in [5.74, 6) is -1.48. The van der Waals surface area contributed by atoms with E-state index >= 15 is 0 Å². The number of likely N-dealkylation sites (N-methyl/N-ethyl adjacent to an activating group) is 1. The Labute approximate surface area is 320 Å². The highest BCUT2D eigenvalue weighted by Gasteiger charge is 2.46. The van der Waals surface area contributed by atoms with Crippen LogP contribution >= 0.6 is 0 Å². The van der Waals surface area contributed by atoms with Crippen molar-refractivity contribution in [2.45, 2.75) is 140 Å². The molecule has 0 saturated carbocycles. The van der Waals surface area contributed by atoms with Gasteiger partial charge in [-0.1, -0.05) is 71.4 Å². The van der Waals surface area contributed by atoms with Crippen LogP contribution in [-0.2, 0) is 33.3 Å². The summed E-state index contributed by atoms with van der Waals surface area (Å²) in [5, 5.41) is 44.0. The maximum absolute atomic E-state index is 14.1. The van der Waals surface area contributed by atoms with Crippen molar-refractivity contribution >= 4 is 17.7 Å². The van der Waals surface area contributed by atoms with E-state index in [2.05, 4.69) is 5.32 Å². The van der Waals surface area contributed by atoms with Gasteiger partial charge in [-0.25, -0.2) is 0 Å². The van der Waals surface area contributed by atoms with Crippen LogP contribution in [0.5, 0.6) is 0 Å². The van der Waals surface area contributed by atoms with Crippen molar-refractivity contribution in [3.05, 3.63) is 35.9 Å². The number of rotatable bonds is 19. The Balaban J connectivity index is 1.78. The van der Waals surface area contributed by atoms with Crippen molar-refractivity contribution in [3.63, 3.8) is 0 Å². The van der Waals surface area contributed by atoms with Crippen molar-refractivity contribution in [1.82, 2.24) is 15.1 Å². The molecule has 308 valence electrons. The van der Waals surface area contributed by atoms with E-state index < -0.39 is 85.7 Å². The molecular formula is C39H66N4O11. The molecule has 0 aromatic heterocycles. The van der Waals surface area contributed by atoms with Crippen LogP contribution in [0.2, 0.25) is 0 Å². The fraction of sp³-hybridized carbons (Fsp3) is 0.769. The molecule has 2 saturated heterocycles. The Hall–Kier alpha value is -2.73. The first-order chi connectivity index (χ1) is 25.5. The fourth-order valence-electron chi connectivity index (χ4n) is 7.71. The van der Waals surface area contributed by atoms with Gasteiger partial charge in [-0.05, 0) is 37.2 Å². The summed E-state index contributed by atoms with van der Waals surface area (Å²) in [7, 11) is 4.78. The van der Waals surface area contributed by atoms with Gasteiger partial charge in [-0.3, -0.25) is 14.4 Å². The molecular weight excluding hydrogens is 700 g/mol. The number of aliphatic hydroxyl groups excluding tert-OH is 4. The van der Waals surface area contributed by atoms with Crippen LogP contribution in [0.25, 0.3) is 0 Å². The van der Waals surface area contributed by atoms with Gasteiger partial charge in [0.2, 0.25) is 17.7 Å². The number of methoxy groups -OCH3 is 2. The number of nitrogens with zero attached hydrogens (tertiary/aromatic N) is 2. The third-order valence-corrected chi connectivity index (χ3v) is 11.3. The molecule has 11 unspecified atom stereocenters. The summed E-state index contributed by atoms with van der Waals surface area (Å²) in [6.45, 7) is 11.2. The first kappa shape index (κ1) is 45.7. The van der Waals surface area contributed by atoms with Gasteiger partial charge in [0.25, 0.3) is 0 Å². The molecule has 7 N–H and O–H groups in total. The van der Waals surface area contributed by atoms with Gasteiger partial charge < -0.3 is 60.2 Å². The third kappa shape index (κ3) is 10.8. The Morgan fingerprint density at radius 1 is 1.02 bits per heavy atom. The van der Waals surface area contributed by atoms with Gasteiger partial charge in [0.05, 0.1) is 55.3 Å². The fourth-order valence-corrected chi connectivity index (χ4v) is 7.71. The van der Waals surface area contributed by atoms with Crippen molar-refractivity contribution < 1.29 is 53.8 Å². The average molecular weight is 767 g/mol. The van der Waals surface area contributed by atoms with Crippen molar-refractivity contribution in [2.24, 2.45) is 23.5 Å². The average Bonchev–Trinajstić information content (AvgIpc) is 3.65. The molecule has 0 bridgehead atoms. The summed E-state index contributed by atoms with van der Waals surface area (Å²) < 4.78 is 23.7. The monoisotopic (exact) mass is 766 g/mol. The predicted molar refractivity (Wildman–Crippen MR) is 201 cm³/mol. The Bertz CT molecular complexity index is 1320. The number of carbonyl (C=O) groups is 3. The lowest BCUT2D eigenvalue weighted by molar-refractivity contribution is -0.314. The zero-order chi connectivity index (χ0) is 40.4. The van der Waals surface area contributed by atoms with Crippen LogP contribution in [0.4, 0.5) is 0 Å². The summed E-state index contributed by atoms with van der Waals surface area (Å²) in [5.41, 5.74) is 6.89. The molecule has 0 radical (unpaired) electrons. The van der Waals surface area contributed by atoms with Gasteiger partial charge in [0.1, 0.15) is 30.5 Å². The maximum Gasteiger partial charge on any atom is 0.239 e. The first-order valence-electron chi connectivity index (χ1n) is 19.2. The van der Waals surface area contributed by atoms with E-state index in [1.54, 1.807) is 62.1 Å². The molecule has 15 heteroatoms. The van der Waals surface area contributed by atoms with E-state index in [9.17, 15) is 34.8 Å². The number of ether oxygens (including phenoxy) is 4. The standard InChI is InChI=1S/C39H66N4O11/c1-10-22(4)31(42(7)38(50)30(40)21(2)3)27(51-8)19-29(45)43-18-14-17-26(43)35(52-9)23(5)37(49)41-24(6)36(25-15-12-11-13-16-25)54-39-34(48)33(47)32(46)28(20-44)53-39/h11-13,15-16,21-24,26-28,30-36,39,44,46-48H,10,14,17-20,40H2,1-9H3,(H,41,49)/t22?,23?,24?,26?,27?,28-,30?,31?,32+,33?,34?,35?,36?,39+/m1/s1. The number of amides is 3. The van der Waals surface area contributed by atoms with Crippen molar-refractivity contribution in [2.75, 3.05) is 34.4 Å². The van der Waals surface area contributed by atoms with Crippen LogP contribution in [0, 0.1) is 17.8 Å². The van der Waals surface area contributed by atoms with Crippen LogP contribution in [-0.4, -0.2) is 149 Å². The number of nitrogens with two attached hydrogens (primary N) is 1. The second-order valence-corrected chi connectivity index (χ2v) is 15.3. The SMILES string of the molecule is CCC(C)C(C(CC(=O)N1CCCC1C(OC)C(C)C(=O)NC(C)C(O[C@@H]1O[C@H](CO)[C@H](O)C(O)C1O)c1ccccc1)OC)N(C)C(=O)C(N)C(C)C. The molecule has 2 aliphatic rings. The van der Waals surface area contributed by atoms with Gasteiger partial charge >= 0.3 is 0 Å². The number of hydrogen-bond acceptors (Lipinski definition) is 12. The number of likely N-dealkylation sites (tertiary alicyclic amines) is 1. The highest BCUT2D eigenvalue weighted by molar-refractivity contribution is 5.83. The van der Waals surface area contributed by atoms with Crippen LogP contribution in [0.15, 0.2) is 30.3 Å². The molecule has 2 heterocycles. The van der Waals surface area contributed by atoms with Crippen LogP contribution in [0.1, 0.15) is 78.9 Å². The summed E-state index contributed by atoms with van der Waals surface area (Å²) >= 11 is 0. The molecule has 3 rings (SSSR count). The van der Waals surface area contributed by atoms with Crippen LogP contribution in [0.3, 0.4) is 0 Å². The largest absolute Gasteiger partial charge is 0.394 e. The lowest BCUT2D eigenvalue weighted by Crippen LogP contribution is -2.59. The van der Waals surface area contributed by atoms with E-state index in [4.69, 9.17) is 24.7 Å². The molecule has 1 aromatic rings. The molecule has 2 aliphatic heterocycles. The van der Waals surface area contributed by atoms with Crippen molar-refractivity contribution in [3.8, 4) is 0 Å². The van der Waals surface area contributed by atoms with Gasteiger partial charge in [0.15, 0.2) is 6.29 Å². The van der Waals surface area contributed by atoms with E-state index in [1.807, 2.05) is 33.8 Å². The molecule has 1 aromatic carbocycles. The van der Waals surface area contributed by atoms with E-state index in [0.717, 1.165) is 12.8 Å². The Morgan fingerprint density at radius 2 is 1.67 bits per heavy atom. The minimum absolute atomic E-state index is 0.0206. The lowest BCUT2D eigenvalue weighted by Gasteiger charge is -2.42. The van der Waals surface area contributed by atoms with E-state index in [0.29, 0.717) is 18.5 Å². The smallest absolute Gasteiger partial charge is 0.239 e. The first-order valence-corrected chi connectivity index (χ1v) is 19.2. The molecule has 2 fully saturated rings. The summed E-state index contributed by atoms with van der Waals surface area (Å²) in [6.07, 6.45) is -7.40. The quantitative estimate of drug-likeness (QED) is 0.116. The minimum Gasteiger partial charge on any atom is -0.394 e. The second kappa shape index (κ2) is 21.0. The van der Waals surface area contributed by atoms with Crippen molar-refractivity contribution in [1.29, 1.82) is 0 Å². The number of carbonyl (C=O) groups excluding carboxylic acids is 3. The Kier molecular flexibility index (Phi) is 17.7. The third-order valence-electron chi connectivity index (χ3n) is 11.3. The van der Waals surface area contributed by atoms with Crippen LogP contribution < -0.4 is 11.1 Å². The van der Waals surface area contributed by atoms with Gasteiger partial charge in [0, 0.05) is 27.8 Å². The zero-order valence-electron chi connectivity index (χ0n) is 33.4. The Morgan fingerprint density at radius 3 is 2.22 bits per heavy atom. The predicted octanol–water partition coefficient (Wildman–Crippen LogP) is 0.953. The van der Waals surface area contributed by atoms with Gasteiger partial charge in [-0.15, -0.1) is 0 Å². The number of nitrogens with one attached hydrogen (secondary N) is 1. The molecule has 15 nitrogen and oxygen atoms in total. The lowest BCUT2D eigenvalue weighted by atomic mass is 9.89.